The highest BCUT2D eigenvalue weighted by atomic mass is 32.1. The Kier molecular flexibility index (Phi) is 2.90. The topological polar surface area (TPSA) is 95.2 Å². The molecule has 0 saturated carbocycles. The Labute approximate surface area is 129 Å². The zero-order chi connectivity index (χ0) is 15.1. The molecule has 0 spiro atoms. The quantitative estimate of drug-likeness (QED) is 0.504. The third-order valence-electron chi connectivity index (χ3n) is 3.58. The standard InChI is InChI=1S/C14H12N6OS/c21-13-11-12(16-7-15-11)20(14(22)19-13)6-5-10-17-8-3-1-2-4-9(8)18-10/h1-4,7H,5-6H2,(H,15,16)(H,17,18)(H,19,21,22). The van der Waals surface area contributed by atoms with Gasteiger partial charge in [-0.2, -0.15) is 0 Å². The van der Waals surface area contributed by atoms with E-state index in [1.54, 1.807) is 4.57 Å². The monoisotopic (exact) mass is 312 g/mol. The minimum absolute atomic E-state index is 0.252. The number of nitrogens with zero attached hydrogens (tertiary/aromatic N) is 3. The lowest BCUT2D eigenvalue weighted by atomic mass is 10.3. The number of para-hydroxylation sites is 2. The summed E-state index contributed by atoms with van der Waals surface area (Å²) in [6.07, 6.45) is 2.16. The normalized spacial score (nSPS) is 11.5. The van der Waals surface area contributed by atoms with Crippen LogP contribution in [0.2, 0.25) is 0 Å². The molecule has 0 amide bonds. The minimum atomic E-state index is -0.252. The summed E-state index contributed by atoms with van der Waals surface area (Å²) in [6.45, 7) is 0.580. The molecule has 0 saturated heterocycles. The summed E-state index contributed by atoms with van der Waals surface area (Å²) in [7, 11) is 0. The Morgan fingerprint density at radius 1 is 1.23 bits per heavy atom. The molecule has 0 unspecified atom stereocenters. The number of benzene rings is 1. The average Bonchev–Trinajstić information content (AvgIpc) is 3.13. The fourth-order valence-electron chi connectivity index (χ4n) is 2.53. The predicted octanol–water partition coefficient (Wildman–Crippen LogP) is 1.90. The summed E-state index contributed by atoms with van der Waals surface area (Å²) in [4.78, 5) is 29.3. The largest absolute Gasteiger partial charge is 0.342 e. The van der Waals surface area contributed by atoms with Gasteiger partial charge in [-0.25, -0.2) is 9.97 Å². The van der Waals surface area contributed by atoms with Gasteiger partial charge in [0.15, 0.2) is 10.4 Å². The highest BCUT2D eigenvalue weighted by Crippen LogP contribution is 2.12. The van der Waals surface area contributed by atoms with Gasteiger partial charge in [-0.1, -0.05) is 12.1 Å². The Balaban J connectivity index is 1.71. The Hall–Kier alpha value is -2.74. The van der Waals surface area contributed by atoms with Crippen molar-refractivity contribution in [2.45, 2.75) is 13.0 Å². The van der Waals surface area contributed by atoms with Crippen molar-refractivity contribution in [3.8, 4) is 0 Å². The second kappa shape index (κ2) is 4.92. The van der Waals surface area contributed by atoms with Crippen molar-refractivity contribution in [1.82, 2.24) is 29.5 Å². The van der Waals surface area contributed by atoms with Gasteiger partial charge in [0.1, 0.15) is 11.3 Å². The van der Waals surface area contributed by atoms with Gasteiger partial charge >= 0.3 is 0 Å². The van der Waals surface area contributed by atoms with E-state index >= 15 is 0 Å². The van der Waals surface area contributed by atoms with Crippen LogP contribution in [-0.2, 0) is 13.0 Å². The zero-order valence-corrected chi connectivity index (χ0v) is 12.3. The number of fused-ring (bicyclic) bond motifs is 2. The summed E-state index contributed by atoms with van der Waals surface area (Å²) >= 11 is 5.24. The van der Waals surface area contributed by atoms with Crippen molar-refractivity contribution in [3.63, 3.8) is 0 Å². The lowest BCUT2D eigenvalue weighted by molar-refractivity contribution is 0.668. The lowest BCUT2D eigenvalue weighted by Crippen LogP contribution is -2.15. The summed E-state index contributed by atoms with van der Waals surface area (Å²) in [5, 5.41) is 0. The molecule has 7 nitrogen and oxygen atoms in total. The zero-order valence-electron chi connectivity index (χ0n) is 11.5. The maximum Gasteiger partial charge on any atom is 0.277 e. The van der Waals surface area contributed by atoms with Gasteiger partial charge in [0.05, 0.1) is 17.4 Å². The van der Waals surface area contributed by atoms with Gasteiger partial charge in [-0.3, -0.25) is 9.78 Å². The van der Waals surface area contributed by atoms with E-state index in [0.717, 1.165) is 16.9 Å². The van der Waals surface area contributed by atoms with Crippen molar-refractivity contribution in [1.29, 1.82) is 0 Å². The van der Waals surface area contributed by atoms with Crippen molar-refractivity contribution >= 4 is 34.4 Å². The first-order valence-corrected chi connectivity index (χ1v) is 7.23. The molecule has 22 heavy (non-hydrogen) atoms. The number of H-pyrrole nitrogens is 3. The molecule has 3 heterocycles. The fraction of sp³-hybridized carbons (Fsp3) is 0.143. The van der Waals surface area contributed by atoms with Crippen LogP contribution >= 0.6 is 12.2 Å². The van der Waals surface area contributed by atoms with Crippen LogP contribution in [0.15, 0.2) is 35.4 Å². The number of aromatic amines is 3. The molecule has 0 atom stereocenters. The molecule has 0 bridgehead atoms. The first kappa shape index (κ1) is 13.0. The van der Waals surface area contributed by atoms with Crippen LogP contribution in [0.4, 0.5) is 0 Å². The average molecular weight is 312 g/mol. The first-order valence-electron chi connectivity index (χ1n) is 6.82. The number of hydrogen-bond donors (Lipinski definition) is 3. The van der Waals surface area contributed by atoms with Crippen molar-refractivity contribution in [3.05, 3.63) is 51.5 Å². The van der Waals surface area contributed by atoms with Crippen LogP contribution in [0.1, 0.15) is 5.82 Å². The number of aryl methyl sites for hydroxylation is 2. The SMILES string of the molecule is O=c1[nH]c(=S)n(CCc2nc3ccccc3[nH]2)c2nc[nH]c12. The summed E-state index contributed by atoms with van der Waals surface area (Å²) in [5.74, 6) is 0.873. The second-order valence-corrected chi connectivity index (χ2v) is 5.35. The van der Waals surface area contributed by atoms with Gasteiger partial charge in [0.2, 0.25) is 0 Å². The van der Waals surface area contributed by atoms with E-state index in [0.29, 0.717) is 28.9 Å². The molecule has 0 aliphatic carbocycles. The van der Waals surface area contributed by atoms with E-state index in [9.17, 15) is 4.79 Å². The first-order chi connectivity index (χ1) is 10.7. The van der Waals surface area contributed by atoms with Crippen LogP contribution in [0.25, 0.3) is 22.2 Å². The third-order valence-corrected chi connectivity index (χ3v) is 3.90. The number of hydrogen-bond acceptors (Lipinski definition) is 4. The van der Waals surface area contributed by atoms with Crippen LogP contribution in [-0.4, -0.2) is 29.5 Å². The van der Waals surface area contributed by atoms with Crippen molar-refractivity contribution in [2.24, 2.45) is 0 Å². The van der Waals surface area contributed by atoms with Gasteiger partial charge < -0.3 is 14.5 Å². The number of nitrogens with one attached hydrogen (secondary N) is 3. The minimum Gasteiger partial charge on any atom is -0.342 e. The lowest BCUT2D eigenvalue weighted by Gasteiger charge is -2.06. The van der Waals surface area contributed by atoms with Crippen LogP contribution < -0.4 is 5.56 Å². The van der Waals surface area contributed by atoms with E-state index in [-0.39, 0.29) is 5.56 Å². The second-order valence-electron chi connectivity index (χ2n) is 4.96. The summed E-state index contributed by atoms with van der Waals surface area (Å²) in [5.41, 5.74) is 2.68. The van der Waals surface area contributed by atoms with E-state index in [2.05, 4.69) is 24.9 Å². The fourth-order valence-corrected chi connectivity index (χ4v) is 2.80. The van der Waals surface area contributed by atoms with E-state index in [4.69, 9.17) is 12.2 Å². The van der Waals surface area contributed by atoms with E-state index in [1.807, 2.05) is 24.3 Å². The number of rotatable bonds is 3. The molecule has 1 aromatic carbocycles. The smallest absolute Gasteiger partial charge is 0.277 e. The molecular weight excluding hydrogens is 300 g/mol. The van der Waals surface area contributed by atoms with Crippen molar-refractivity contribution < 1.29 is 0 Å². The van der Waals surface area contributed by atoms with Crippen LogP contribution in [0, 0.1) is 4.77 Å². The Morgan fingerprint density at radius 3 is 2.95 bits per heavy atom. The molecule has 0 radical (unpaired) electrons. The maximum atomic E-state index is 11.8. The predicted molar refractivity (Wildman–Crippen MR) is 85.3 cm³/mol. The molecule has 0 aliphatic heterocycles. The van der Waals surface area contributed by atoms with Gasteiger partial charge in [0, 0.05) is 13.0 Å². The Morgan fingerprint density at radius 2 is 2.09 bits per heavy atom. The van der Waals surface area contributed by atoms with E-state index < -0.39 is 0 Å². The molecule has 4 aromatic rings. The molecule has 3 aromatic heterocycles. The van der Waals surface area contributed by atoms with Gasteiger partial charge in [0.25, 0.3) is 5.56 Å². The van der Waals surface area contributed by atoms with Gasteiger partial charge in [-0.15, -0.1) is 0 Å². The number of aromatic nitrogens is 6. The summed E-state index contributed by atoms with van der Waals surface area (Å²) < 4.78 is 2.16. The highest BCUT2D eigenvalue weighted by Gasteiger charge is 2.09. The van der Waals surface area contributed by atoms with Crippen LogP contribution in [0.5, 0.6) is 0 Å². The van der Waals surface area contributed by atoms with Gasteiger partial charge in [-0.05, 0) is 24.4 Å². The molecule has 3 N–H and O–H groups in total. The van der Waals surface area contributed by atoms with E-state index in [1.165, 1.54) is 6.33 Å². The molecule has 0 fully saturated rings. The molecule has 0 aliphatic rings. The third kappa shape index (κ3) is 2.04. The van der Waals surface area contributed by atoms with Crippen LogP contribution in [0.3, 0.4) is 0 Å². The maximum absolute atomic E-state index is 11.8. The number of imidazole rings is 2. The highest BCUT2D eigenvalue weighted by molar-refractivity contribution is 7.71. The molecule has 110 valence electrons. The molecule has 8 heteroatoms. The molecular formula is C14H12N6OS. The Bertz CT molecular complexity index is 1050. The van der Waals surface area contributed by atoms with Crippen molar-refractivity contribution in [2.75, 3.05) is 0 Å². The molecule has 4 rings (SSSR count). The summed E-state index contributed by atoms with van der Waals surface area (Å²) in [6, 6.07) is 7.88.